The maximum Gasteiger partial charge on any atom is 0.244 e. The van der Waals surface area contributed by atoms with E-state index < -0.39 is 5.82 Å². The van der Waals surface area contributed by atoms with Crippen molar-refractivity contribution in [1.82, 2.24) is 9.47 Å². The molecule has 1 N–H and O–H groups in total. The molecule has 0 bridgehead atoms. The summed E-state index contributed by atoms with van der Waals surface area (Å²) in [7, 11) is 1.42. The van der Waals surface area contributed by atoms with E-state index in [1.165, 1.54) is 25.3 Å². The Bertz CT molecular complexity index is 889. The summed E-state index contributed by atoms with van der Waals surface area (Å²) in [5, 5.41) is 2.58. The van der Waals surface area contributed by atoms with Crippen molar-refractivity contribution in [2.24, 2.45) is 5.92 Å². The van der Waals surface area contributed by atoms with Gasteiger partial charge in [0.05, 0.1) is 19.0 Å². The summed E-state index contributed by atoms with van der Waals surface area (Å²) in [6.45, 7) is 4.71. The zero-order valence-electron chi connectivity index (χ0n) is 16.3. The average Bonchev–Trinajstić information content (AvgIpc) is 2.67. The Morgan fingerprint density at radius 2 is 2.00 bits per heavy atom. The Hall–Kier alpha value is -2.67. The molecule has 2 heterocycles. The lowest BCUT2D eigenvalue weighted by atomic mass is 9.99. The summed E-state index contributed by atoms with van der Waals surface area (Å²) in [6, 6.07) is 7.54. The number of ether oxygens (including phenoxy) is 1. The molecule has 3 rings (SSSR count). The number of benzene rings is 1. The highest BCUT2D eigenvalue weighted by molar-refractivity contribution is 5.90. The fraction of sp³-hybridized carbons (Fsp3) is 0.429. The van der Waals surface area contributed by atoms with E-state index in [4.69, 9.17) is 4.74 Å². The molecule has 0 spiro atoms. The Kier molecular flexibility index (Phi) is 6.46. The third-order valence-electron chi connectivity index (χ3n) is 5.13. The molecule has 1 aromatic heterocycles. The van der Waals surface area contributed by atoms with Crippen LogP contribution < -0.4 is 15.5 Å². The second-order valence-corrected chi connectivity index (χ2v) is 7.31. The molecule has 0 unspecified atom stereocenters. The van der Waals surface area contributed by atoms with Gasteiger partial charge in [0.15, 0.2) is 5.75 Å². The van der Waals surface area contributed by atoms with Gasteiger partial charge in [-0.25, -0.2) is 4.39 Å². The number of pyridine rings is 1. The first-order valence-corrected chi connectivity index (χ1v) is 9.50. The quantitative estimate of drug-likeness (QED) is 0.828. The van der Waals surface area contributed by atoms with Crippen molar-refractivity contribution in [3.8, 4) is 5.75 Å². The van der Waals surface area contributed by atoms with Crippen LogP contribution in [0.4, 0.5) is 10.1 Å². The van der Waals surface area contributed by atoms with Crippen LogP contribution in [0.5, 0.6) is 5.75 Å². The molecule has 1 aliphatic rings. The highest BCUT2D eigenvalue weighted by Gasteiger charge is 2.18. The first-order chi connectivity index (χ1) is 13.5. The van der Waals surface area contributed by atoms with E-state index in [2.05, 4.69) is 17.1 Å². The first kappa shape index (κ1) is 20.1. The molecule has 1 aromatic carbocycles. The van der Waals surface area contributed by atoms with Gasteiger partial charge in [0, 0.05) is 18.3 Å². The molecule has 6 nitrogen and oxygen atoms in total. The van der Waals surface area contributed by atoms with Crippen LogP contribution in [0.15, 0.2) is 41.3 Å². The van der Waals surface area contributed by atoms with Crippen LogP contribution in [-0.2, 0) is 17.9 Å². The molecule has 0 aliphatic carbocycles. The van der Waals surface area contributed by atoms with Crippen LogP contribution in [0.25, 0.3) is 0 Å². The van der Waals surface area contributed by atoms with E-state index in [1.54, 1.807) is 22.9 Å². The van der Waals surface area contributed by atoms with Crippen LogP contribution in [0.1, 0.15) is 25.5 Å². The fourth-order valence-electron chi connectivity index (χ4n) is 3.39. The molecule has 7 heteroatoms. The van der Waals surface area contributed by atoms with Crippen molar-refractivity contribution in [2.75, 3.05) is 25.5 Å². The Balaban J connectivity index is 1.78. The van der Waals surface area contributed by atoms with E-state index in [-0.39, 0.29) is 29.3 Å². The Morgan fingerprint density at radius 1 is 1.29 bits per heavy atom. The van der Waals surface area contributed by atoms with Gasteiger partial charge in [-0.2, -0.15) is 0 Å². The molecular formula is C21H26FN3O3. The first-order valence-electron chi connectivity index (χ1n) is 9.50. The highest BCUT2D eigenvalue weighted by atomic mass is 19.1. The van der Waals surface area contributed by atoms with Crippen LogP contribution in [0.3, 0.4) is 0 Å². The minimum atomic E-state index is -0.490. The maximum atomic E-state index is 13.8. The number of carbonyl (C=O) groups is 1. The standard InChI is InChI=1S/C21H26FN3O3/c1-15-7-9-24(10-8-15)12-16-11-19(26)20(28-2)13-25(16)14-21(27)23-18-6-4-3-5-17(18)22/h3-6,11,13,15H,7-10,12,14H2,1-2H3,(H,23,27). The van der Waals surface area contributed by atoms with E-state index in [9.17, 15) is 14.0 Å². The minimum absolute atomic E-state index is 0.0372. The van der Waals surface area contributed by atoms with Crippen LogP contribution in [-0.4, -0.2) is 35.6 Å². The van der Waals surface area contributed by atoms with E-state index in [0.29, 0.717) is 12.5 Å². The number of halogens is 1. The van der Waals surface area contributed by atoms with Crippen LogP contribution in [0.2, 0.25) is 0 Å². The molecule has 0 saturated carbocycles. The van der Waals surface area contributed by atoms with Crippen molar-refractivity contribution >= 4 is 11.6 Å². The number of carbonyl (C=O) groups excluding carboxylic acids is 1. The van der Waals surface area contributed by atoms with Gasteiger partial charge in [-0.3, -0.25) is 14.5 Å². The number of anilines is 1. The third kappa shape index (κ3) is 4.98. The van der Waals surface area contributed by atoms with Crippen LogP contribution in [0, 0.1) is 11.7 Å². The summed E-state index contributed by atoms with van der Waals surface area (Å²) >= 11 is 0. The van der Waals surface area contributed by atoms with Gasteiger partial charge in [0.25, 0.3) is 0 Å². The van der Waals surface area contributed by atoms with Crippen molar-refractivity contribution < 1.29 is 13.9 Å². The van der Waals surface area contributed by atoms with Gasteiger partial charge in [0.2, 0.25) is 11.3 Å². The van der Waals surface area contributed by atoms with Gasteiger partial charge >= 0.3 is 0 Å². The third-order valence-corrected chi connectivity index (χ3v) is 5.13. The second kappa shape index (κ2) is 9.01. The lowest BCUT2D eigenvalue weighted by Gasteiger charge is -2.31. The van der Waals surface area contributed by atoms with Crippen LogP contribution >= 0.6 is 0 Å². The predicted octanol–water partition coefficient (Wildman–Crippen LogP) is 2.87. The number of hydrogen-bond acceptors (Lipinski definition) is 4. The number of hydrogen-bond donors (Lipinski definition) is 1. The maximum absolute atomic E-state index is 13.8. The van der Waals surface area contributed by atoms with Gasteiger partial charge in [-0.15, -0.1) is 0 Å². The molecule has 1 saturated heterocycles. The Morgan fingerprint density at radius 3 is 2.68 bits per heavy atom. The summed E-state index contributed by atoms with van der Waals surface area (Å²) in [4.78, 5) is 27.0. The number of rotatable bonds is 6. The molecule has 1 fully saturated rings. The summed E-state index contributed by atoms with van der Waals surface area (Å²) in [5.74, 6) is 0.0240. The normalized spacial score (nSPS) is 15.4. The lowest BCUT2D eigenvalue weighted by molar-refractivity contribution is -0.116. The number of para-hydroxylation sites is 1. The smallest absolute Gasteiger partial charge is 0.244 e. The van der Waals surface area contributed by atoms with Gasteiger partial charge in [-0.05, 0) is 44.0 Å². The molecule has 28 heavy (non-hydrogen) atoms. The molecule has 0 atom stereocenters. The summed E-state index contributed by atoms with van der Waals surface area (Å²) in [6.07, 6.45) is 3.79. The number of nitrogens with one attached hydrogen (secondary N) is 1. The average molecular weight is 387 g/mol. The Labute approximate surface area is 163 Å². The highest BCUT2D eigenvalue weighted by Crippen LogP contribution is 2.19. The van der Waals surface area contributed by atoms with Crippen molar-refractivity contribution in [3.63, 3.8) is 0 Å². The number of nitrogens with zero attached hydrogens (tertiary/aromatic N) is 2. The van der Waals surface area contributed by atoms with Gasteiger partial charge < -0.3 is 14.6 Å². The molecule has 150 valence electrons. The second-order valence-electron chi connectivity index (χ2n) is 7.31. The molecule has 1 aliphatic heterocycles. The molecule has 2 aromatic rings. The SMILES string of the molecule is COc1cn(CC(=O)Nc2ccccc2F)c(CN2CCC(C)CC2)cc1=O. The molecule has 0 radical (unpaired) electrons. The molecule has 1 amide bonds. The van der Waals surface area contributed by atoms with Crippen molar-refractivity contribution in [2.45, 2.75) is 32.9 Å². The van der Waals surface area contributed by atoms with Crippen molar-refractivity contribution in [1.29, 1.82) is 0 Å². The largest absolute Gasteiger partial charge is 0.491 e. The number of methoxy groups -OCH3 is 1. The van der Waals surface area contributed by atoms with Gasteiger partial charge in [0.1, 0.15) is 12.4 Å². The van der Waals surface area contributed by atoms with E-state index in [0.717, 1.165) is 31.6 Å². The van der Waals surface area contributed by atoms with E-state index >= 15 is 0 Å². The molecular weight excluding hydrogens is 361 g/mol. The van der Waals surface area contributed by atoms with E-state index in [1.807, 2.05) is 0 Å². The monoisotopic (exact) mass is 387 g/mol. The number of piperidine rings is 1. The topological polar surface area (TPSA) is 63.6 Å². The van der Waals surface area contributed by atoms with Crippen molar-refractivity contribution in [3.05, 3.63) is 58.3 Å². The zero-order chi connectivity index (χ0) is 20.1. The number of aromatic nitrogens is 1. The summed E-state index contributed by atoms with van der Waals surface area (Å²) < 4.78 is 20.6. The summed E-state index contributed by atoms with van der Waals surface area (Å²) in [5.41, 5.74) is 0.657. The predicted molar refractivity (Wildman–Crippen MR) is 106 cm³/mol. The minimum Gasteiger partial charge on any atom is -0.491 e. The fourth-order valence-corrected chi connectivity index (χ4v) is 3.39. The number of likely N-dealkylation sites (tertiary alicyclic amines) is 1. The lowest BCUT2D eigenvalue weighted by Crippen LogP contribution is -2.34. The zero-order valence-corrected chi connectivity index (χ0v) is 16.3. The number of amides is 1. The van der Waals surface area contributed by atoms with Gasteiger partial charge in [-0.1, -0.05) is 19.1 Å².